The van der Waals surface area contributed by atoms with Gasteiger partial charge in [0.2, 0.25) is 0 Å². The van der Waals surface area contributed by atoms with E-state index in [0.29, 0.717) is 11.3 Å². The number of hydrogen-bond donors (Lipinski definition) is 1. The van der Waals surface area contributed by atoms with Crippen molar-refractivity contribution in [2.24, 2.45) is 0 Å². The number of hydrogen-bond acceptors (Lipinski definition) is 6. The van der Waals surface area contributed by atoms with E-state index in [2.05, 4.69) is 10.2 Å². The first-order valence-electron chi connectivity index (χ1n) is 6.64. The van der Waals surface area contributed by atoms with E-state index in [0.717, 1.165) is 0 Å². The molecule has 8 nitrogen and oxygen atoms in total. The fraction of sp³-hybridized carbons (Fsp3) is 0.357. The maximum absolute atomic E-state index is 12.1. The van der Waals surface area contributed by atoms with E-state index in [1.807, 2.05) is 0 Å². The Labute approximate surface area is 125 Å². The molecule has 0 atom stereocenters. The first kappa shape index (κ1) is 15.6. The topological polar surface area (TPSA) is 115 Å². The number of nitro benzene ring substituents is 1. The lowest BCUT2D eigenvalue weighted by Crippen LogP contribution is -2.17. The molecule has 1 aromatic heterocycles. The van der Waals surface area contributed by atoms with E-state index >= 15 is 0 Å². The Hall–Kier alpha value is -2.77. The minimum absolute atomic E-state index is 0.0529. The highest BCUT2D eigenvalue weighted by atomic mass is 16.6. The molecule has 0 radical (unpaired) electrons. The van der Waals surface area contributed by atoms with Crippen molar-refractivity contribution in [2.75, 3.05) is 6.61 Å². The third-order valence-electron chi connectivity index (χ3n) is 3.54. The second kappa shape index (κ2) is 5.55. The van der Waals surface area contributed by atoms with Crippen LogP contribution in [0.25, 0.3) is 10.8 Å². The van der Waals surface area contributed by atoms with Crippen molar-refractivity contribution >= 4 is 22.4 Å². The molecule has 8 heteroatoms. The number of H-pyrrole nitrogens is 1. The molecule has 0 spiro atoms. The predicted octanol–water partition coefficient (Wildman–Crippen LogP) is 1.93. The lowest BCUT2D eigenvalue weighted by atomic mass is 9.94. The SMILES string of the molecule is CCOC(=O)c1c(C)c([N+](=O)[O-])c2c(C)n[nH]c(=O)c2c1C. The van der Waals surface area contributed by atoms with Crippen LogP contribution in [-0.2, 0) is 4.74 Å². The van der Waals surface area contributed by atoms with Crippen LogP contribution in [0.15, 0.2) is 4.79 Å². The van der Waals surface area contributed by atoms with Crippen LogP contribution in [0.4, 0.5) is 5.69 Å². The van der Waals surface area contributed by atoms with E-state index in [1.165, 1.54) is 6.92 Å². The molecule has 0 saturated carbocycles. The monoisotopic (exact) mass is 305 g/mol. The van der Waals surface area contributed by atoms with Crippen LogP contribution in [0, 0.1) is 30.9 Å². The zero-order valence-corrected chi connectivity index (χ0v) is 12.6. The van der Waals surface area contributed by atoms with Crippen LogP contribution in [0.5, 0.6) is 0 Å². The summed E-state index contributed by atoms with van der Waals surface area (Å²) in [4.78, 5) is 35.1. The number of aryl methyl sites for hydroxylation is 2. The molecule has 0 unspecified atom stereocenters. The molecule has 2 rings (SSSR count). The Bertz CT molecular complexity index is 854. The summed E-state index contributed by atoms with van der Waals surface area (Å²) >= 11 is 0. The highest BCUT2D eigenvalue weighted by Crippen LogP contribution is 2.35. The molecular weight excluding hydrogens is 290 g/mol. The van der Waals surface area contributed by atoms with E-state index < -0.39 is 16.5 Å². The van der Waals surface area contributed by atoms with E-state index in [-0.39, 0.29) is 34.2 Å². The minimum Gasteiger partial charge on any atom is -0.462 e. The molecule has 0 saturated heterocycles. The van der Waals surface area contributed by atoms with Gasteiger partial charge >= 0.3 is 5.97 Å². The van der Waals surface area contributed by atoms with Gasteiger partial charge in [0.1, 0.15) is 0 Å². The Kier molecular flexibility index (Phi) is 3.94. The van der Waals surface area contributed by atoms with Crippen molar-refractivity contribution in [1.29, 1.82) is 0 Å². The van der Waals surface area contributed by atoms with E-state index in [9.17, 15) is 19.7 Å². The third-order valence-corrected chi connectivity index (χ3v) is 3.54. The quantitative estimate of drug-likeness (QED) is 0.526. The largest absolute Gasteiger partial charge is 0.462 e. The van der Waals surface area contributed by atoms with Crippen molar-refractivity contribution in [3.05, 3.63) is 42.9 Å². The van der Waals surface area contributed by atoms with Crippen molar-refractivity contribution < 1.29 is 14.5 Å². The lowest BCUT2D eigenvalue weighted by molar-refractivity contribution is -0.383. The average molecular weight is 305 g/mol. The van der Waals surface area contributed by atoms with Crippen molar-refractivity contribution in [3.63, 3.8) is 0 Å². The Morgan fingerprint density at radius 1 is 1.27 bits per heavy atom. The van der Waals surface area contributed by atoms with Gasteiger partial charge in [0.15, 0.2) is 0 Å². The number of ether oxygens (including phenoxy) is 1. The number of carbonyl (C=O) groups excluding carboxylic acids is 1. The van der Waals surface area contributed by atoms with Gasteiger partial charge in [-0.2, -0.15) is 5.10 Å². The number of nitrogens with zero attached hydrogens (tertiary/aromatic N) is 2. The average Bonchev–Trinajstić information content (AvgIpc) is 2.42. The molecule has 116 valence electrons. The highest BCUT2D eigenvalue weighted by Gasteiger charge is 2.29. The molecule has 1 N–H and O–H groups in total. The number of benzene rings is 1. The third kappa shape index (κ3) is 2.22. The summed E-state index contributed by atoms with van der Waals surface area (Å²) in [6.07, 6.45) is 0. The summed E-state index contributed by atoms with van der Waals surface area (Å²) in [5.41, 5.74) is 0.0267. The number of aromatic amines is 1. The summed E-state index contributed by atoms with van der Waals surface area (Å²) in [6, 6.07) is 0. The first-order chi connectivity index (χ1) is 10.3. The number of esters is 1. The van der Waals surface area contributed by atoms with Crippen LogP contribution in [0.3, 0.4) is 0 Å². The maximum Gasteiger partial charge on any atom is 0.338 e. The van der Waals surface area contributed by atoms with Gasteiger partial charge in [-0.1, -0.05) is 0 Å². The number of nitrogens with one attached hydrogen (secondary N) is 1. The van der Waals surface area contributed by atoms with Gasteiger partial charge < -0.3 is 4.74 Å². The summed E-state index contributed by atoms with van der Waals surface area (Å²) in [6.45, 7) is 6.37. The maximum atomic E-state index is 12.1. The zero-order valence-electron chi connectivity index (χ0n) is 12.6. The fourth-order valence-corrected chi connectivity index (χ4v) is 2.64. The first-order valence-corrected chi connectivity index (χ1v) is 6.64. The summed E-state index contributed by atoms with van der Waals surface area (Å²) in [5.74, 6) is -0.684. The van der Waals surface area contributed by atoms with Gasteiger partial charge in [-0.05, 0) is 33.3 Å². The van der Waals surface area contributed by atoms with Crippen LogP contribution in [0.1, 0.15) is 34.1 Å². The molecule has 0 bridgehead atoms. The lowest BCUT2D eigenvalue weighted by Gasteiger charge is -2.13. The van der Waals surface area contributed by atoms with Gasteiger partial charge in [0.05, 0.1) is 33.6 Å². The van der Waals surface area contributed by atoms with Gasteiger partial charge in [-0.3, -0.25) is 14.9 Å². The highest BCUT2D eigenvalue weighted by molar-refractivity contribution is 6.05. The number of aromatic nitrogens is 2. The molecule has 0 aliphatic rings. The molecular formula is C14H15N3O5. The van der Waals surface area contributed by atoms with Crippen molar-refractivity contribution in [3.8, 4) is 0 Å². The molecule has 1 aromatic carbocycles. The van der Waals surface area contributed by atoms with Crippen molar-refractivity contribution in [1.82, 2.24) is 10.2 Å². The summed E-state index contributed by atoms with van der Waals surface area (Å²) in [5, 5.41) is 17.8. The van der Waals surface area contributed by atoms with Gasteiger partial charge in [0, 0.05) is 5.56 Å². The minimum atomic E-state index is -0.684. The number of rotatable bonds is 3. The number of fused-ring (bicyclic) bond motifs is 1. The normalized spacial score (nSPS) is 10.7. The predicted molar refractivity (Wildman–Crippen MR) is 79.2 cm³/mol. The second-order valence-electron chi connectivity index (χ2n) is 4.84. The Balaban J connectivity index is 3.08. The Morgan fingerprint density at radius 2 is 1.91 bits per heavy atom. The molecule has 1 heterocycles. The van der Waals surface area contributed by atoms with E-state index in [4.69, 9.17) is 4.74 Å². The summed E-state index contributed by atoms with van der Waals surface area (Å²) < 4.78 is 4.95. The van der Waals surface area contributed by atoms with E-state index in [1.54, 1.807) is 20.8 Å². The second-order valence-corrected chi connectivity index (χ2v) is 4.84. The number of nitro groups is 1. The van der Waals surface area contributed by atoms with Gasteiger partial charge in [-0.25, -0.2) is 9.89 Å². The molecule has 2 aromatic rings. The molecule has 0 aliphatic carbocycles. The molecule has 22 heavy (non-hydrogen) atoms. The van der Waals surface area contributed by atoms with Gasteiger partial charge in [-0.15, -0.1) is 0 Å². The van der Waals surface area contributed by atoms with Crippen molar-refractivity contribution in [2.45, 2.75) is 27.7 Å². The molecule has 0 aliphatic heterocycles. The number of carbonyl (C=O) groups is 1. The smallest absolute Gasteiger partial charge is 0.338 e. The molecule has 0 fully saturated rings. The fourth-order valence-electron chi connectivity index (χ4n) is 2.64. The van der Waals surface area contributed by atoms with Crippen LogP contribution in [0.2, 0.25) is 0 Å². The van der Waals surface area contributed by atoms with Crippen LogP contribution >= 0.6 is 0 Å². The standard InChI is InChI=1S/C14H15N3O5/c1-5-22-14(19)9-6(2)10-11(8(4)15-16-13(10)18)12(7(9)3)17(20)21/h5H2,1-4H3,(H,16,18). The Morgan fingerprint density at radius 3 is 2.45 bits per heavy atom. The van der Waals surface area contributed by atoms with Gasteiger partial charge in [0.25, 0.3) is 11.2 Å². The zero-order chi connectivity index (χ0) is 16.6. The summed E-state index contributed by atoms with van der Waals surface area (Å²) in [7, 11) is 0. The molecule has 0 amide bonds. The van der Waals surface area contributed by atoms with Crippen LogP contribution < -0.4 is 5.56 Å². The van der Waals surface area contributed by atoms with Crippen LogP contribution in [-0.4, -0.2) is 27.7 Å².